The van der Waals surface area contributed by atoms with E-state index in [1.54, 1.807) is 36.4 Å². The van der Waals surface area contributed by atoms with Crippen molar-refractivity contribution in [1.29, 1.82) is 0 Å². The van der Waals surface area contributed by atoms with Crippen LogP contribution in [-0.2, 0) is 11.3 Å². The van der Waals surface area contributed by atoms with E-state index in [-0.39, 0.29) is 30.4 Å². The van der Waals surface area contributed by atoms with Crippen molar-refractivity contribution in [2.24, 2.45) is 0 Å². The van der Waals surface area contributed by atoms with Crippen molar-refractivity contribution in [2.45, 2.75) is 6.54 Å². The van der Waals surface area contributed by atoms with Gasteiger partial charge in [-0.25, -0.2) is 9.07 Å². The van der Waals surface area contributed by atoms with Gasteiger partial charge >= 0.3 is 0 Å². The van der Waals surface area contributed by atoms with Crippen LogP contribution >= 0.6 is 11.6 Å². The fourth-order valence-electron chi connectivity index (χ4n) is 2.50. The summed E-state index contributed by atoms with van der Waals surface area (Å²) in [5, 5.41) is 7.52. The molecule has 1 amide bonds. The van der Waals surface area contributed by atoms with E-state index < -0.39 is 0 Å². The van der Waals surface area contributed by atoms with E-state index in [4.69, 9.17) is 11.6 Å². The van der Waals surface area contributed by atoms with E-state index in [0.717, 1.165) is 5.56 Å². The van der Waals surface area contributed by atoms with Crippen molar-refractivity contribution in [3.63, 3.8) is 0 Å². The van der Waals surface area contributed by atoms with Crippen molar-refractivity contribution < 1.29 is 9.18 Å². The molecule has 28 heavy (non-hydrogen) atoms. The van der Waals surface area contributed by atoms with Crippen LogP contribution < -0.4 is 10.9 Å². The van der Waals surface area contributed by atoms with Crippen LogP contribution in [0.5, 0.6) is 0 Å². The smallest absolute Gasteiger partial charge is 0.266 e. The van der Waals surface area contributed by atoms with E-state index in [9.17, 15) is 14.0 Å². The molecule has 0 fully saturated rings. The molecule has 0 atom stereocenters. The van der Waals surface area contributed by atoms with Crippen LogP contribution in [0.25, 0.3) is 17.3 Å². The molecule has 0 aliphatic carbocycles. The average Bonchev–Trinajstić information content (AvgIpc) is 2.69. The lowest BCUT2D eigenvalue weighted by molar-refractivity contribution is -0.116. The van der Waals surface area contributed by atoms with Gasteiger partial charge in [0.1, 0.15) is 5.82 Å². The molecule has 0 unspecified atom stereocenters. The molecule has 1 aromatic heterocycles. The quantitative estimate of drug-likeness (QED) is 0.647. The number of hydrogen-bond donors (Lipinski definition) is 1. The molecule has 7 heteroatoms. The molecule has 0 saturated heterocycles. The SMILES string of the molecule is O=C(/C=C/c1ccccc1Cl)NCCn1nc(-c2ccc(F)cc2)ccc1=O. The number of carbonyl (C=O) groups is 1. The van der Waals surface area contributed by atoms with Crippen molar-refractivity contribution >= 4 is 23.6 Å². The number of hydrogen-bond acceptors (Lipinski definition) is 3. The summed E-state index contributed by atoms with van der Waals surface area (Å²) in [6.45, 7) is 0.436. The van der Waals surface area contributed by atoms with E-state index in [2.05, 4.69) is 10.4 Å². The third-order valence-electron chi connectivity index (χ3n) is 3.95. The standard InChI is InChI=1S/C21H17ClFN3O2/c22-18-4-2-1-3-15(18)7-11-20(27)24-13-14-26-21(28)12-10-19(25-26)16-5-8-17(23)9-6-16/h1-12H,13-14H2,(H,24,27)/b11-7+. The highest BCUT2D eigenvalue weighted by Crippen LogP contribution is 2.16. The maximum atomic E-state index is 13.1. The first kappa shape index (κ1) is 19.5. The topological polar surface area (TPSA) is 64.0 Å². The van der Waals surface area contributed by atoms with Gasteiger partial charge < -0.3 is 5.32 Å². The van der Waals surface area contributed by atoms with Gasteiger partial charge in [-0.15, -0.1) is 0 Å². The second kappa shape index (κ2) is 9.10. The molecule has 0 spiro atoms. The van der Waals surface area contributed by atoms with Crippen molar-refractivity contribution in [3.05, 3.63) is 93.5 Å². The van der Waals surface area contributed by atoms with Gasteiger partial charge in [0.25, 0.3) is 5.56 Å². The average molecular weight is 398 g/mol. The summed E-state index contributed by atoms with van der Waals surface area (Å²) in [7, 11) is 0. The minimum Gasteiger partial charge on any atom is -0.351 e. The molecule has 1 heterocycles. The molecule has 0 bridgehead atoms. The highest BCUT2D eigenvalue weighted by atomic mass is 35.5. The van der Waals surface area contributed by atoms with Gasteiger partial charge in [0.15, 0.2) is 0 Å². The van der Waals surface area contributed by atoms with Crippen LogP contribution in [0.2, 0.25) is 5.02 Å². The highest BCUT2D eigenvalue weighted by Gasteiger charge is 2.05. The number of benzene rings is 2. The minimum absolute atomic E-state index is 0.208. The van der Waals surface area contributed by atoms with Gasteiger partial charge in [-0.05, 0) is 48.0 Å². The molecule has 3 rings (SSSR count). The Hall–Kier alpha value is -3.25. The first-order chi connectivity index (χ1) is 13.5. The number of halogens is 2. The third kappa shape index (κ3) is 5.14. The Morgan fingerprint density at radius 3 is 2.61 bits per heavy atom. The van der Waals surface area contributed by atoms with Gasteiger partial charge in [-0.1, -0.05) is 29.8 Å². The first-order valence-corrected chi connectivity index (χ1v) is 8.95. The zero-order valence-corrected chi connectivity index (χ0v) is 15.6. The van der Waals surface area contributed by atoms with Crippen molar-refractivity contribution in [3.8, 4) is 11.3 Å². The molecule has 3 aromatic rings. The molecule has 1 N–H and O–H groups in total. The maximum Gasteiger partial charge on any atom is 0.266 e. The third-order valence-corrected chi connectivity index (χ3v) is 4.29. The van der Waals surface area contributed by atoms with Crippen molar-refractivity contribution in [2.75, 3.05) is 6.54 Å². The Kier molecular flexibility index (Phi) is 6.34. The number of nitrogens with one attached hydrogen (secondary N) is 1. The summed E-state index contributed by atoms with van der Waals surface area (Å²) in [6.07, 6.45) is 3.00. The van der Waals surface area contributed by atoms with Gasteiger partial charge in [0, 0.05) is 29.3 Å². The first-order valence-electron chi connectivity index (χ1n) is 8.57. The summed E-state index contributed by atoms with van der Waals surface area (Å²) >= 11 is 6.03. The number of aromatic nitrogens is 2. The second-order valence-electron chi connectivity index (χ2n) is 5.93. The lowest BCUT2D eigenvalue weighted by Crippen LogP contribution is -2.31. The van der Waals surface area contributed by atoms with E-state index in [0.29, 0.717) is 16.3 Å². The van der Waals surface area contributed by atoms with Crippen LogP contribution in [0.15, 0.2) is 71.5 Å². The van der Waals surface area contributed by atoms with Crippen LogP contribution in [0.1, 0.15) is 5.56 Å². The Morgan fingerprint density at radius 1 is 1.11 bits per heavy atom. The Bertz CT molecular complexity index is 1060. The normalized spacial score (nSPS) is 10.9. The van der Waals surface area contributed by atoms with E-state index in [1.165, 1.54) is 29.0 Å². The van der Waals surface area contributed by atoms with Gasteiger partial charge in [-0.2, -0.15) is 5.10 Å². The molecule has 2 aromatic carbocycles. The molecule has 0 saturated carbocycles. The van der Waals surface area contributed by atoms with Crippen molar-refractivity contribution in [1.82, 2.24) is 15.1 Å². The molecular formula is C21H17ClFN3O2. The predicted octanol–water partition coefficient (Wildman–Crippen LogP) is 3.53. The maximum absolute atomic E-state index is 13.1. The lowest BCUT2D eigenvalue weighted by atomic mass is 10.1. The van der Waals surface area contributed by atoms with Crippen LogP contribution in [-0.4, -0.2) is 22.2 Å². The Morgan fingerprint density at radius 2 is 1.86 bits per heavy atom. The van der Waals surface area contributed by atoms with Gasteiger partial charge in [0.05, 0.1) is 12.2 Å². The fourth-order valence-corrected chi connectivity index (χ4v) is 2.70. The molecule has 0 radical (unpaired) electrons. The van der Waals surface area contributed by atoms with Crippen LogP contribution in [0.3, 0.4) is 0 Å². The van der Waals surface area contributed by atoms with Gasteiger partial charge in [-0.3, -0.25) is 9.59 Å². The van der Waals surface area contributed by atoms with Crippen LogP contribution in [0, 0.1) is 5.82 Å². The monoisotopic (exact) mass is 397 g/mol. The van der Waals surface area contributed by atoms with E-state index >= 15 is 0 Å². The zero-order chi connectivity index (χ0) is 19.9. The summed E-state index contributed by atoms with van der Waals surface area (Å²) in [5.74, 6) is -0.646. The van der Waals surface area contributed by atoms with E-state index in [1.807, 2.05) is 12.1 Å². The fraction of sp³-hybridized carbons (Fsp3) is 0.0952. The summed E-state index contributed by atoms with van der Waals surface area (Å²) < 4.78 is 14.3. The molecule has 142 valence electrons. The Balaban J connectivity index is 1.60. The molecule has 5 nitrogen and oxygen atoms in total. The number of nitrogens with zero attached hydrogens (tertiary/aromatic N) is 2. The summed E-state index contributed by atoms with van der Waals surface area (Å²) in [5.41, 5.74) is 1.70. The highest BCUT2D eigenvalue weighted by molar-refractivity contribution is 6.32. The Labute approximate surface area is 166 Å². The lowest BCUT2D eigenvalue weighted by Gasteiger charge is -2.08. The number of rotatable bonds is 6. The molecular weight excluding hydrogens is 381 g/mol. The predicted molar refractivity (Wildman–Crippen MR) is 107 cm³/mol. The molecule has 0 aliphatic heterocycles. The number of amides is 1. The largest absolute Gasteiger partial charge is 0.351 e. The zero-order valence-electron chi connectivity index (χ0n) is 14.8. The minimum atomic E-state index is -0.343. The summed E-state index contributed by atoms with van der Waals surface area (Å²) in [6, 6.07) is 16.0. The van der Waals surface area contributed by atoms with Gasteiger partial charge in [0.2, 0.25) is 5.91 Å². The molecule has 0 aliphatic rings. The summed E-state index contributed by atoms with van der Waals surface area (Å²) in [4.78, 5) is 23.9. The van der Waals surface area contributed by atoms with Crippen LogP contribution in [0.4, 0.5) is 4.39 Å². The second-order valence-corrected chi connectivity index (χ2v) is 6.34. The number of carbonyl (C=O) groups excluding carboxylic acids is 1.